The molecule has 23 heavy (non-hydrogen) atoms. The number of aliphatic carboxylic acids is 1. The molecule has 1 aromatic carbocycles. The van der Waals surface area contributed by atoms with E-state index in [2.05, 4.69) is 5.32 Å². The Morgan fingerprint density at radius 3 is 2.39 bits per heavy atom. The lowest BCUT2D eigenvalue weighted by Crippen LogP contribution is -2.33. The van der Waals surface area contributed by atoms with E-state index in [1.165, 1.54) is 6.07 Å². The van der Waals surface area contributed by atoms with Crippen LogP contribution in [0.5, 0.6) is 0 Å². The van der Waals surface area contributed by atoms with Gasteiger partial charge in [0.25, 0.3) is 5.91 Å². The number of carboxylic acid groups (broad SMARTS) is 1. The first kappa shape index (κ1) is 19.2. The van der Waals surface area contributed by atoms with Crippen LogP contribution in [0, 0.1) is 5.92 Å². The average molecular weight is 341 g/mol. The molecule has 0 radical (unpaired) electrons. The molecule has 0 heterocycles. The van der Waals surface area contributed by atoms with Gasteiger partial charge in [0.05, 0.1) is 10.8 Å². The van der Waals surface area contributed by atoms with E-state index in [0.717, 1.165) is 6.26 Å². The van der Waals surface area contributed by atoms with E-state index in [-0.39, 0.29) is 17.0 Å². The van der Waals surface area contributed by atoms with Gasteiger partial charge in [-0.05, 0) is 30.5 Å². The molecule has 0 aliphatic carbocycles. The summed E-state index contributed by atoms with van der Waals surface area (Å²) in [5, 5.41) is 11.6. The number of hydrogen-bond acceptors (Lipinski definition) is 4. The highest BCUT2D eigenvalue weighted by atomic mass is 32.2. The Balaban J connectivity index is 2.95. The molecule has 1 amide bonds. The molecule has 0 fully saturated rings. The lowest BCUT2D eigenvalue weighted by Gasteiger charge is -2.13. The quantitative estimate of drug-likeness (QED) is 0.752. The van der Waals surface area contributed by atoms with Crippen molar-refractivity contribution in [3.05, 3.63) is 29.3 Å². The summed E-state index contributed by atoms with van der Waals surface area (Å²) in [4.78, 5) is 23.4. The second-order valence-electron chi connectivity index (χ2n) is 5.48. The molecule has 1 atom stereocenters. The molecule has 0 spiro atoms. The molecule has 2 N–H and O–H groups in total. The van der Waals surface area contributed by atoms with Crippen LogP contribution >= 0.6 is 0 Å². The summed E-state index contributed by atoms with van der Waals surface area (Å²) in [6, 6.07) is 4.52. The Labute approximate surface area is 136 Å². The molecule has 7 heteroatoms. The molecular weight excluding hydrogens is 318 g/mol. The predicted molar refractivity (Wildman–Crippen MR) is 87.3 cm³/mol. The van der Waals surface area contributed by atoms with Crippen LogP contribution < -0.4 is 5.32 Å². The highest BCUT2D eigenvalue weighted by Gasteiger charge is 2.19. The van der Waals surface area contributed by atoms with Crippen molar-refractivity contribution in [1.29, 1.82) is 0 Å². The maximum Gasteiger partial charge on any atom is 0.308 e. The smallest absolute Gasteiger partial charge is 0.308 e. The molecule has 1 aromatic rings. The van der Waals surface area contributed by atoms with E-state index < -0.39 is 27.6 Å². The fourth-order valence-electron chi connectivity index (χ4n) is 2.31. The van der Waals surface area contributed by atoms with Gasteiger partial charge in [-0.15, -0.1) is 0 Å². The largest absolute Gasteiger partial charge is 0.481 e. The van der Waals surface area contributed by atoms with Crippen molar-refractivity contribution in [2.24, 2.45) is 5.92 Å². The Bertz CT molecular complexity index is 682. The number of carboxylic acids is 1. The van der Waals surface area contributed by atoms with E-state index in [0.29, 0.717) is 24.8 Å². The van der Waals surface area contributed by atoms with Crippen LogP contribution in [0.1, 0.15) is 42.6 Å². The van der Waals surface area contributed by atoms with Crippen molar-refractivity contribution >= 4 is 21.7 Å². The number of carbonyl (C=O) groups is 2. The summed E-state index contributed by atoms with van der Waals surface area (Å²) in [6.45, 7) is 3.73. The lowest BCUT2D eigenvalue weighted by molar-refractivity contribution is -0.141. The maximum atomic E-state index is 12.2. The van der Waals surface area contributed by atoms with Gasteiger partial charge in [-0.2, -0.15) is 0 Å². The summed E-state index contributed by atoms with van der Waals surface area (Å²) < 4.78 is 23.6. The molecule has 0 saturated carbocycles. The number of carbonyl (C=O) groups excluding carboxylic acids is 1. The minimum Gasteiger partial charge on any atom is -0.481 e. The number of amides is 1. The highest BCUT2D eigenvalue weighted by Crippen LogP contribution is 2.18. The van der Waals surface area contributed by atoms with Crippen molar-refractivity contribution < 1.29 is 23.1 Å². The van der Waals surface area contributed by atoms with Gasteiger partial charge in [0, 0.05) is 18.4 Å². The van der Waals surface area contributed by atoms with Crippen LogP contribution in [-0.4, -0.2) is 38.2 Å². The monoisotopic (exact) mass is 341 g/mol. The molecule has 0 aliphatic heterocycles. The van der Waals surface area contributed by atoms with E-state index in [4.69, 9.17) is 5.11 Å². The zero-order valence-corrected chi connectivity index (χ0v) is 14.4. The molecule has 1 rings (SSSR count). The molecular formula is C16H23NO5S. The Kier molecular flexibility index (Phi) is 6.75. The van der Waals surface area contributed by atoms with Gasteiger partial charge < -0.3 is 10.4 Å². The zero-order valence-electron chi connectivity index (χ0n) is 13.6. The average Bonchev–Trinajstić information content (AvgIpc) is 2.49. The fraction of sp³-hybridized carbons (Fsp3) is 0.500. The van der Waals surface area contributed by atoms with Crippen LogP contribution in [0.2, 0.25) is 0 Å². The first-order chi connectivity index (χ1) is 10.7. The van der Waals surface area contributed by atoms with Crippen molar-refractivity contribution in [3.8, 4) is 0 Å². The van der Waals surface area contributed by atoms with Gasteiger partial charge in [0.1, 0.15) is 0 Å². The minimum atomic E-state index is -3.43. The third-order valence-electron chi connectivity index (χ3n) is 3.61. The van der Waals surface area contributed by atoms with E-state index in [1.807, 2.05) is 13.8 Å². The zero-order chi connectivity index (χ0) is 17.6. The summed E-state index contributed by atoms with van der Waals surface area (Å²) in [6.07, 6.45) is 2.82. The third kappa shape index (κ3) is 5.35. The van der Waals surface area contributed by atoms with Crippen LogP contribution in [-0.2, 0) is 21.1 Å². The van der Waals surface area contributed by atoms with Crippen LogP contribution in [0.25, 0.3) is 0 Å². The first-order valence-electron chi connectivity index (χ1n) is 7.54. The number of benzene rings is 1. The molecule has 128 valence electrons. The van der Waals surface area contributed by atoms with Crippen LogP contribution in [0.3, 0.4) is 0 Å². The minimum absolute atomic E-state index is 0.0196. The Morgan fingerprint density at radius 2 is 1.91 bits per heavy atom. The van der Waals surface area contributed by atoms with Gasteiger partial charge >= 0.3 is 5.97 Å². The van der Waals surface area contributed by atoms with Crippen molar-refractivity contribution in [2.45, 2.75) is 38.0 Å². The maximum absolute atomic E-state index is 12.2. The van der Waals surface area contributed by atoms with E-state index in [9.17, 15) is 18.0 Å². The molecule has 0 aromatic heterocycles. The van der Waals surface area contributed by atoms with Gasteiger partial charge in [-0.3, -0.25) is 9.59 Å². The number of hydrogen-bond donors (Lipinski definition) is 2. The topological polar surface area (TPSA) is 101 Å². The Hall–Kier alpha value is -1.89. The first-order valence-corrected chi connectivity index (χ1v) is 9.43. The van der Waals surface area contributed by atoms with E-state index >= 15 is 0 Å². The van der Waals surface area contributed by atoms with Crippen molar-refractivity contribution in [3.63, 3.8) is 0 Å². The summed E-state index contributed by atoms with van der Waals surface area (Å²) in [5.41, 5.74) is 0.863. The summed E-state index contributed by atoms with van der Waals surface area (Å²) >= 11 is 0. The second kappa shape index (κ2) is 8.10. The highest BCUT2D eigenvalue weighted by molar-refractivity contribution is 7.90. The van der Waals surface area contributed by atoms with Gasteiger partial charge in [0.2, 0.25) is 0 Å². The molecule has 1 unspecified atom stereocenters. The SMILES string of the molecule is CCCC(CNC(=O)c1ccc(CC)c(S(C)(=O)=O)c1)C(=O)O. The second-order valence-corrected chi connectivity index (χ2v) is 7.47. The van der Waals surface area contributed by atoms with Gasteiger partial charge in [0.15, 0.2) is 9.84 Å². The Morgan fingerprint density at radius 1 is 1.26 bits per heavy atom. The fourth-order valence-corrected chi connectivity index (χ4v) is 3.34. The number of nitrogens with one attached hydrogen (secondary N) is 1. The van der Waals surface area contributed by atoms with Crippen LogP contribution in [0.15, 0.2) is 23.1 Å². The number of sulfone groups is 1. The van der Waals surface area contributed by atoms with Crippen molar-refractivity contribution in [2.75, 3.05) is 12.8 Å². The van der Waals surface area contributed by atoms with Gasteiger partial charge in [-0.1, -0.05) is 26.3 Å². The standard InChI is InChI=1S/C16H23NO5S/c1-4-6-13(16(19)20)10-17-15(18)12-8-7-11(5-2)14(9-12)23(3,21)22/h7-9,13H,4-6,10H2,1-3H3,(H,17,18)(H,19,20). The van der Waals surface area contributed by atoms with Gasteiger partial charge in [-0.25, -0.2) is 8.42 Å². The number of rotatable bonds is 8. The third-order valence-corrected chi connectivity index (χ3v) is 4.78. The van der Waals surface area contributed by atoms with Crippen LogP contribution in [0.4, 0.5) is 0 Å². The van der Waals surface area contributed by atoms with E-state index in [1.54, 1.807) is 12.1 Å². The molecule has 0 bridgehead atoms. The molecule has 0 aliphatic rings. The number of aryl methyl sites for hydroxylation is 1. The lowest BCUT2D eigenvalue weighted by atomic mass is 10.0. The van der Waals surface area contributed by atoms with Crippen molar-refractivity contribution in [1.82, 2.24) is 5.32 Å². The molecule has 0 saturated heterocycles. The summed E-state index contributed by atoms with van der Waals surface area (Å²) in [5.74, 6) is -2.07. The summed E-state index contributed by atoms with van der Waals surface area (Å²) in [7, 11) is -3.43. The normalized spacial score (nSPS) is 12.7. The molecule has 6 nitrogen and oxygen atoms in total. The predicted octanol–water partition coefficient (Wildman–Crippen LogP) is 1.88.